The van der Waals surface area contributed by atoms with E-state index in [1.165, 1.54) is 0 Å². The number of ether oxygens (including phenoxy) is 1. The number of para-hydroxylation sites is 1. The van der Waals surface area contributed by atoms with E-state index in [-0.39, 0.29) is 12.4 Å². The van der Waals surface area contributed by atoms with E-state index in [4.69, 9.17) is 4.74 Å². The zero-order chi connectivity index (χ0) is 10.8. The van der Waals surface area contributed by atoms with Gasteiger partial charge in [0.2, 0.25) is 0 Å². The third-order valence-electron chi connectivity index (χ3n) is 2.86. The van der Waals surface area contributed by atoms with E-state index >= 15 is 0 Å². The van der Waals surface area contributed by atoms with Crippen LogP contribution in [0.1, 0.15) is 0 Å². The summed E-state index contributed by atoms with van der Waals surface area (Å²) in [6, 6.07) is 8.03. The summed E-state index contributed by atoms with van der Waals surface area (Å²) in [5.74, 6) is 0. The van der Waals surface area contributed by atoms with Gasteiger partial charge in [-0.1, -0.05) is 17.3 Å². The standard InChI is InChI=1S/C11H14N4O.ClH/c1-2-4-11-10(3-1)12-13-15(11)9-14-5-7-16-8-6-14;/h1-4H,5-9H2;1H. The molecule has 6 heteroatoms. The van der Waals surface area contributed by atoms with Crippen molar-refractivity contribution in [2.24, 2.45) is 0 Å². The van der Waals surface area contributed by atoms with Crippen LogP contribution in [0.25, 0.3) is 11.0 Å². The number of nitrogens with zero attached hydrogens (tertiary/aromatic N) is 4. The first-order valence-electron chi connectivity index (χ1n) is 5.52. The highest BCUT2D eigenvalue weighted by Crippen LogP contribution is 2.10. The Morgan fingerprint density at radius 1 is 1.18 bits per heavy atom. The van der Waals surface area contributed by atoms with Crippen molar-refractivity contribution in [2.45, 2.75) is 6.67 Å². The van der Waals surface area contributed by atoms with Gasteiger partial charge in [-0.25, -0.2) is 4.68 Å². The summed E-state index contributed by atoms with van der Waals surface area (Å²) < 4.78 is 7.26. The highest BCUT2D eigenvalue weighted by atomic mass is 35.5. The maximum atomic E-state index is 5.32. The summed E-state index contributed by atoms with van der Waals surface area (Å²) in [6.45, 7) is 4.35. The van der Waals surface area contributed by atoms with Crippen molar-refractivity contribution >= 4 is 23.4 Å². The van der Waals surface area contributed by atoms with Crippen molar-refractivity contribution in [3.8, 4) is 0 Å². The number of hydrogen-bond donors (Lipinski definition) is 0. The fourth-order valence-electron chi connectivity index (χ4n) is 1.95. The summed E-state index contributed by atoms with van der Waals surface area (Å²) in [5, 5.41) is 8.31. The van der Waals surface area contributed by atoms with Crippen LogP contribution in [0.15, 0.2) is 24.3 Å². The smallest absolute Gasteiger partial charge is 0.113 e. The van der Waals surface area contributed by atoms with Crippen LogP contribution in [-0.2, 0) is 11.4 Å². The lowest BCUT2D eigenvalue weighted by molar-refractivity contribution is 0.0218. The molecule has 0 spiro atoms. The molecule has 3 rings (SSSR count). The molecule has 0 atom stereocenters. The Hall–Kier alpha value is -1.17. The number of aromatic nitrogens is 3. The van der Waals surface area contributed by atoms with Crippen LogP contribution in [0.3, 0.4) is 0 Å². The molecule has 0 N–H and O–H groups in total. The molecule has 0 unspecified atom stereocenters. The zero-order valence-electron chi connectivity index (χ0n) is 9.45. The number of fused-ring (bicyclic) bond motifs is 1. The SMILES string of the molecule is Cl.c1ccc2c(c1)nnn2CN1CCOCC1. The van der Waals surface area contributed by atoms with Crippen molar-refractivity contribution in [3.63, 3.8) is 0 Å². The van der Waals surface area contributed by atoms with Gasteiger partial charge in [0.1, 0.15) is 5.52 Å². The molecular weight excluding hydrogens is 240 g/mol. The zero-order valence-corrected chi connectivity index (χ0v) is 10.3. The molecule has 1 aliphatic heterocycles. The molecule has 1 aliphatic rings. The lowest BCUT2D eigenvalue weighted by Crippen LogP contribution is -2.37. The van der Waals surface area contributed by atoms with Crippen LogP contribution < -0.4 is 0 Å². The average molecular weight is 255 g/mol. The summed E-state index contributed by atoms with van der Waals surface area (Å²) in [6.07, 6.45) is 0. The van der Waals surface area contributed by atoms with E-state index in [1.807, 2.05) is 22.9 Å². The van der Waals surface area contributed by atoms with Gasteiger partial charge in [0, 0.05) is 13.1 Å². The van der Waals surface area contributed by atoms with Crippen LogP contribution >= 0.6 is 12.4 Å². The van der Waals surface area contributed by atoms with Gasteiger partial charge in [0.25, 0.3) is 0 Å². The fourth-order valence-corrected chi connectivity index (χ4v) is 1.95. The van der Waals surface area contributed by atoms with Gasteiger partial charge < -0.3 is 4.74 Å². The summed E-state index contributed by atoms with van der Waals surface area (Å²) in [4.78, 5) is 2.32. The van der Waals surface area contributed by atoms with Crippen LogP contribution in [-0.4, -0.2) is 46.2 Å². The molecule has 1 fully saturated rings. The first-order valence-corrected chi connectivity index (χ1v) is 5.52. The number of hydrogen-bond acceptors (Lipinski definition) is 4. The molecule has 92 valence electrons. The van der Waals surface area contributed by atoms with Crippen LogP contribution in [0.4, 0.5) is 0 Å². The van der Waals surface area contributed by atoms with Crippen molar-refractivity contribution in [1.29, 1.82) is 0 Å². The molecule has 1 saturated heterocycles. The van der Waals surface area contributed by atoms with E-state index in [9.17, 15) is 0 Å². The molecule has 5 nitrogen and oxygen atoms in total. The number of rotatable bonds is 2. The second-order valence-corrected chi connectivity index (χ2v) is 3.95. The normalized spacial score (nSPS) is 16.9. The minimum Gasteiger partial charge on any atom is -0.379 e. The van der Waals surface area contributed by atoms with E-state index in [0.717, 1.165) is 44.0 Å². The van der Waals surface area contributed by atoms with E-state index in [0.29, 0.717) is 0 Å². The molecule has 0 bridgehead atoms. The monoisotopic (exact) mass is 254 g/mol. The molecule has 1 aromatic heterocycles. The number of halogens is 1. The van der Waals surface area contributed by atoms with E-state index in [2.05, 4.69) is 21.3 Å². The summed E-state index contributed by atoms with van der Waals surface area (Å²) >= 11 is 0. The number of morpholine rings is 1. The van der Waals surface area contributed by atoms with Gasteiger partial charge in [-0.3, -0.25) is 4.90 Å². The van der Waals surface area contributed by atoms with Crippen molar-refractivity contribution in [3.05, 3.63) is 24.3 Å². The highest BCUT2D eigenvalue weighted by molar-refractivity contribution is 5.85. The Labute approximate surface area is 106 Å². The molecule has 0 radical (unpaired) electrons. The van der Waals surface area contributed by atoms with Crippen molar-refractivity contribution in [2.75, 3.05) is 26.3 Å². The largest absolute Gasteiger partial charge is 0.379 e. The minimum absolute atomic E-state index is 0. The van der Waals surface area contributed by atoms with Gasteiger partial charge in [-0.2, -0.15) is 0 Å². The second kappa shape index (κ2) is 5.44. The maximum Gasteiger partial charge on any atom is 0.113 e. The van der Waals surface area contributed by atoms with Gasteiger partial charge in [-0.15, -0.1) is 17.5 Å². The van der Waals surface area contributed by atoms with Crippen LogP contribution in [0.2, 0.25) is 0 Å². The Morgan fingerprint density at radius 2 is 1.94 bits per heavy atom. The molecule has 0 saturated carbocycles. The predicted molar refractivity (Wildman–Crippen MR) is 67.2 cm³/mol. The van der Waals surface area contributed by atoms with Gasteiger partial charge >= 0.3 is 0 Å². The summed E-state index contributed by atoms with van der Waals surface area (Å²) in [5.41, 5.74) is 2.05. The fraction of sp³-hybridized carbons (Fsp3) is 0.455. The Bertz CT molecular complexity index is 481. The predicted octanol–water partition coefficient (Wildman–Crippen LogP) is 1.14. The van der Waals surface area contributed by atoms with E-state index < -0.39 is 0 Å². The van der Waals surface area contributed by atoms with Crippen LogP contribution in [0.5, 0.6) is 0 Å². The molecule has 0 amide bonds. The van der Waals surface area contributed by atoms with Gasteiger partial charge in [0.05, 0.1) is 25.4 Å². The Balaban J connectivity index is 0.00000108. The van der Waals surface area contributed by atoms with Crippen LogP contribution in [0, 0.1) is 0 Å². The third-order valence-corrected chi connectivity index (χ3v) is 2.86. The Morgan fingerprint density at radius 3 is 2.76 bits per heavy atom. The van der Waals surface area contributed by atoms with E-state index in [1.54, 1.807) is 0 Å². The maximum absolute atomic E-state index is 5.32. The molecule has 1 aromatic carbocycles. The Kier molecular flexibility index (Phi) is 3.93. The topological polar surface area (TPSA) is 43.2 Å². The highest BCUT2D eigenvalue weighted by Gasteiger charge is 2.12. The number of benzene rings is 1. The lowest BCUT2D eigenvalue weighted by atomic mass is 10.3. The first-order chi connectivity index (χ1) is 7.93. The molecule has 0 aliphatic carbocycles. The molecular formula is C11H15ClN4O. The molecule has 2 heterocycles. The molecule has 2 aromatic rings. The quantitative estimate of drug-likeness (QED) is 0.806. The van der Waals surface area contributed by atoms with Gasteiger partial charge in [-0.05, 0) is 12.1 Å². The summed E-state index contributed by atoms with van der Waals surface area (Å²) in [7, 11) is 0. The first kappa shape index (κ1) is 12.3. The van der Waals surface area contributed by atoms with Crippen molar-refractivity contribution < 1.29 is 4.74 Å². The molecule has 17 heavy (non-hydrogen) atoms. The second-order valence-electron chi connectivity index (χ2n) is 3.95. The van der Waals surface area contributed by atoms with Crippen molar-refractivity contribution in [1.82, 2.24) is 19.9 Å². The average Bonchev–Trinajstić information content (AvgIpc) is 2.74. The minimum atomic E-state index is 0. The third kappa shape index (κ3) is 2.57. The lowest BCUT2D eigenvalue weighted by Gasteiger charge is -2.26. The van der Waals surface area contributed by atoms with Gasteiger partial charge in [0.15, 0.2) is 0 Å².